The van der Waals surface area contributed by atoms with Gasteiger partial charge >= 0.3 is 0 Å². The molecule has 0 aliphatic carbocycles. The van der Waals surface area contributed by atoms with Crippen molar-refractivity contribution in [1.29, 1.82) is 0 Å². The van der Waals surface area contributed by atoms with Gasteiger partial charge in [0.05, 0.1) is 6.04 Å². The van der Waals surface area contributed by atoms with Crippen molar-refractivity contribution < 1.29 is 9.53 Å². The zero-order chi connectivity index (χ0) is 13.9. The molecule has 0 bridgehead atoms. The van der Waals surface area contributed by atoms with Gasteiger partial charge in [-0.15, -0.1) is 12.4 Å². The van der Waals surface area contributed by atoms with Crippen molar-refractivity contribution in [3.63, 3.8) is 0 Å². The van der Waals surface area contributed by atoms with Crippen LogP contribution in [0.4, 0.5) is 0 Å². The van der Waals surface area contributed by atoms with E-state index in [0.717, 1.165) is 31.6 Å². The molecule has 1 saturated heterocycles. The molecule has 116 valence electrons. The van der Waals surface area contributed by atoms with Crippen molar-refractivity contribution >= 4 is 18.3 Å². The average Bonchev–Trinajstić information content (AvgIpc) is 2.47. The summed E-state index contributed by atoms with van der Waals surface area (Å²) in [4.78, 5) is 12.3. The maximum absolute atomic E-state index is 12.3. The molecule has 5 heteroatoms. The molecule has 0 radical (unpaired) electrons. The number of halogens is 1. The first-order chi connectivity index (χ1) is 9.72. The number of para-hydroxylation sites is 1. The number of piperidine rings is 1. The molecule has 1 amide bonds. The van der Waals surface area contributed by atoms with Gasteiger partial charge in [-0.1, -0.05) is 18.2 Å². The molecule has 1 unspecified atom stereocenters. The summed E-state index contributed by atoms with van der Waals surface area (Å²) >= 11 is 0. The summed E-state index contributed by atoms with van der Waals surface area (Å²) < 4.78 is 5.72. The van der Waals surface area contributed by atoms with Crippen molar-refractivity contribution in [2.24, 2.45) is 5.92 Å². The molecule has 0 spiro atoms. The van der Waals surface area contributed by atoms with E-state index in [0.29, 0.717) is 12.6 Å². The number of rotatable bonds is 2. The van der Waals surface area contributed by atoms with Crippen molar-refractivity contribution in [2.75, 3.05) is 13.2 Å². The highest BCUT2D eigenvalue weighted by atomic mass is 35.5. The van der Waals surface area contributed by atoms with E-state index in [2.05, 4.69) is 23.6 Å². The van der Waals surface area contributed by atoms with E-state index in [9.17, 15) is 4.79 Å². The van der Waals surface area contributed by atoms with E-state index >= 15 is 0 Å². The van der Waals surface area contributed by atoms with Crippen LogP contribution in [0.2, 0.25) is 0 Å². The van der Waals surface area contributed by atoms with Gasteiger partial charge < -0.3 is 15.4 Å². The fourth-order valence-corrected chi connectivity index (χ4v) is 3.11. The van der Waals surface area contributed by atoms with E-state index < -0.39 is 0 Å². The van der Waals surface area contributed by atoms with Gasteiger partial charge in [0, 0.05) is 12.0 Å². The Hall–Kier alpha value is -1.26. The smallest absolute Gasteiger partial charge is 0.223 e. The van der Waals surface area contributed by atoms with Gasteiger partial charge in [-0.3, -0.25) is 4.79 Å². The number of amides is 1. The molecule has 21 heavy (non-hydrogen) atoms. The second-order valence-electron chi connectivity index (χ2n) is 5.90. The van der Waals surface area contributed by atoms with Gasteiger partial charge in [-0.25, -0.2) is 0 Å². The summed E-state index contributed by atoms with van der Waals surface area (Å²) in [6.45, 7) is 3.64. The summed E-state index contributed by atoms with van der Waals surface area (Å²) in [7, 11) is 0. The third-order valence-corrected chi connectivity index (χ3v) is 4.22. The Bertz CT molecular complexity index is 495. The quantitative estimate of drug-likeness (QED) is 0.877. The monoisotopic (exact) mass is 310 g/mol. The number of nitrogens with one attached hydrogen (secondary N) is 2. The summed E-state index contributed by atoms with van der Waals surface area (Å²) in [5.41, 5.74) is 1.18. The predicted molar refractivity (Wildman–Crippen MR) is 85.0 cm³/mol. The molecule has 2 N–H and O–H groups in total. The molecule has 2 heterocycles. The Kier molecular flexibility index (Phi) is 5.48. The number of hydrogen-bond donors (Lipinski definition) is 2. The standard InChI is InChI=1S/C16H22N2O2.ClH/c1-11-8-13(6-7-17-11)16(19)18-14-9-12-4-2-3-5-15(12)20-10-14;/h2-5,11,13-14,17H,6-10H2,1H3,(H,18,19);1H/t11-,13-,14?;/m0./s1. The van der Waals surface area contributed by atoms with Crippen LogP contribution in [0.15, 0.2) is 24.3 Å². The van der Waals surface area contributed by atoms with Gasteiger partial charge in [0.2, 0.25) is 5.91 Å². The van der Waals surface area contributed by atoms with Crippen LogP contribution in [0.25, 0.3) is 0 Å². The fourth-order valence-electron chi connectivity index (χ4n) is 3.11. The third kappa shape index (κ3) is 3.89. The Balaban J connectivity index is 0.00000161. The average molecular weight is 311 g/mol. The molecular weight excluding hydrogens is 288 g/mol. The summed E-state index contributed by atoms with van der Waals surface area (Å²) in [6.07, 6.45) is 2.72. The fraction of sp³-hybridized carbons (Fsp3) is 0.562. The third-order valence-electron chi connectivity index (χ3n) is 4.22. The van der Waals surface area contributed by atoms with E-state index in [4.69, 9.17) is 4.74 Å². The van der Waals surface area contributed by atoms with Crippen molar-refractivity contribution in [3.8, 4) is 5.75 Å². The van der Waals surface area contributed by atoms with Crippen LogP contribution < -0.4 is 15.4 Å². The SMILES string of the molecule is C[C@H]1C[C@@H](C(=O)NC2COc3ccccc3C2)CCN1.Cl. The lowest BCUT2D eigenvalue weighted by Crippen LogP contribution is -2.48. The van der Waals surface area contributed by atoms with Crippen LogP contribution in [-0.2, 0) is 11.2 Å². The number of carbonyl (C=O) groups is 1. The van der Waals surface area contributed by atoms with Crippen LogP contribution in [0.5, 0.6) is 5.75 Å². The Morgan fingerprint density at radius 2 is 2.19 bits per heavy atom. The summed E-state index contributed by atoms with van der Waals surface area (Å²) in [6, 6.07) is 8.59. The van der Waals surface area contributed by atoms with Crippen molar-refractivity contribution in [1.82, 2.24) is 10.6 Å². The Labute approximate surface area is 132 Å². The first-order valence-electron chi connectivity index (χ1n) is 7.47. The molecule has 1 aromatic carbocycles. The van der Waals surface area contributed by atoms with E-state index in [-0.39, 0.29) is 30.3 Å². The van der Waals surface area contributed by atoms with Crippen LogP contribution in [0.3, 0.4) is 0 Å². The zero-order valence-electron chi connectivity index (χ0n) is 12.3. The van der Waals surface area contributed by atoms with E-state index in [1.807, 2.05) is 18.2 Å². The maximum atomic E-state index is 12.3. The largest absolute Gasteiger partial charge is 0.491 e. The molecule has 1 aromatic rings. The molecule has 2 aliphatic heterocycles. The van der Waals surface area contributed by atoms with Gasteiger partial charge in [0.1, 0.15) is 12.4 Å². The molecule has 0 saturated carbocycles. The lowest BCUT2D eigenvalue weighted by Gasteiger charge is -2.30. The first kappa shape index (κ1) is 16.1. The molecule has 1 fully saturated rings. The normalized spacial score (nSPS) is 27.8. The number of fused-ring (bicyclic) bond motifs is 1. The minimum atomic E-state index is 0. The van der Waals surface area contributed by atoms with Crippen molar-refractivity contribution in [2.45, 2.75) is 38.3 Å². The molecule has 3 atom stereocenters. The van der Waals surface area contributed by atoms with E-state index in [1.165, 1.54) is 5.56 Å². The summed E-state index contributed by atoms with van der Waals surface area (Å²) in [5.74, 6) is 1.28. The number of hydrogen-bond acceptors (Lipinski definition) is 3. The molecule has 4 nitrogen and oxygen atoms in total. The van der Waals surface area contributed by atoms with Gasteiger partial charge in [0.15, 0.2) is 0 Å². The highest BCUT2D eigenvalue weighted by molar-refractivity contribution is 5.85. The highest BCUT2D eigenvalue weighted by Crippen LogP contribution is 2.24. The van der Waals surface area contributed by atoms with Gasteiger partial charge in [-0.05, 0) is 44.4 Å². The number of carbonyl (C=O) groups excluding carboxylic acids is 1. The maximum Gasteiger partial charge on any atom is 0.223 e. The Morgan fingerprint density at radius 3 is 3.00 bits per heavy atom. The van der Waals surface area contributed by atoms with Crippen LogP contribution in [0, 0.1) is 5.92 Å². The zero-order valence-corrected chi connectivity index (χ0v) is 13.1. The second kappa shape index (κ2) is 7.14. The molecule has 0 aromatic heterocycles. The van der Waals surface area contributed by atoms with Gasteiger partial charge in [-0.2, -0.15) is 0 Å². The van der Waals surface area contributed by atoms with Crippen LogP contribution >= 0.6 is 12.4 Å². The molecule has 2 aliphatic rings. The lowest BCUT2D eigenvalue weighted by molar-refractivity contribution is -0.127. The topological polar surface area (TPSA) is 50.4 Å². The predicted octanol–water partition coefficient (Wildman–Crippen LogP) is 1.92. The minimum absolute atomic E-state index is 0. The lowest BCUT2D eigenvalue weighted by atomic mass is 9.92. The number of benzene rings is 1. The van der Waals surface area contributed by atoms with Crippen LogP contribution in [-0.4, -0.2) is 31.1 Å². The van der Waals surface area contributed by atoms with E-state index in [1.54, 1.807) is 0 Å². The molecule has 3 rings (SSSR count). The summed E-state index contributed by atoms with van der Waals surface area (Å²) in [5, 5.41) is 6.54. The Morgan fingerprint density at radius 1 is 1.38 bits per heavy atom. The number of ether oxygens (including phenoxy) is 1. The highest BCUT2D eigenvalue weighted by Gasteiger charge is 2.28. The van der Waals surface area contributed by atoms with Crippen LogP contribution in [0.1, 0.15) is 25.3 Å². The first-order valence-corrected chi connectivity index (χ1v) is 7.47. The minimum Gasteiger partial charge on any atom is -0.491 e. The van der Waals surface area contributed by atoms with Crippen molar-refractivity contribution in [3.05, 3.63) is 29.8 Å². The van der Waals surface area contributed by atoms with Gasteiger partial charge in [0.25, 0.3) is 0 Å². The molecular formula is C16H23ClN2O2. The second-order valence-corrected chi connectivity index (χ2v) is 5.90.